The van der Waals surface area contributed by atoms with Crippen LogP contribution >= 0.6 is 0 Å². The first-order valence-electron chi connectivity index (χ1n) is 11.3. The minimum absolute atomic E-state index is 0.232. The van der Waals surface area contributed by atoms with Gasteiger partial charge in [0.2, 0.25) is 11.8 Å². The summed E-state index contributed by atoms with van der Waals surface area (Å²) in [7, 11) is 0. The highest BCUT2D eigenvalue weighted by Gasteiger charge is 2.71. The average molecular weight is 455 g/mol. The summed E-state index contributed by atoms with van der Waals surface area (Å²) in [4.78, 5) is 44.3. The quantitative estimate of drug-likeness (QED) is 0.615. The number of imide groups is 1. The van der Waals surface area contributed by atoms with Gasteiger partial charge in [0, 0.05) is 17.3 Å². The van der Waals surface area contributed by atoms with Crippen molar-refractivity contribution < 1.29 is 18.8 Å². The zero-order chi connectivity index (χ0) is 23.6. The van der Waals surface area contributed by atoms with Crippen molar-refractivity contribution in [2.24, 2.45) is 11.8 Å². The SMILES string of the molecule is C[C@@H]1N[C@]2(C(=O)N(Cc3ccc(F)cc3)c3ccccc32)[C@@H]2C(=O)N(c3ccccc3)C(=O)[C@@H]12. The van der Waals surface area contributed by atoms with Crippen molar-refractivity contribution in [3.63, 3.8) is 0 Å². The van der Waals surface area contributed by atoms with E-state index < -0.39 is 17.4 Å². The van der Waals surface area contributed by atoms with Gasteiger partial charge in [0.1, 0.15) is 11.4 Å². The second-order valence-corrected chi connectivity index (χ2v) is 9.13. The molecule has 6 rings (SSSR count). The summed E-state index contributed by atoms with van der Waals surface area (Å²) in [5.41, 5.74) is 1.32. The Morgan fingerprint density at radius 3 is 2.29 bits per heavy atom. The average Bonchev–Trinajstić information content (AvgIpc) is 3.39. The zero-order valence-electron chi connectivity index (χ0n) is 18.4. The maximum Gasteiger partial charge on any atom is 0.253 e. The Kier molecular flexibility index (Phi) is 4.47. The summed E-state index contributed by atoms with van der Waals surface area (Å²) >= 11 is 0. The van der Waals surface area contributed by atoms with Crippen LogP contribution in [0.2, 0.25) is 0 Å². The molecule has 7 heteroatoms. The lowest BCUT2D eigenvalue weighted by Crippen LogP contribution is -2.54. The van der Waals surface area contributed by atoms with Crippen molar-refractivity contribution in [2.75, 3.05) is 9.80 Å². The first kappa shape index (κ1) is 20.7. The van der Waals surface area contributed by atoms with E-state index in [0.717, 1.165) is 5.56 Å². The van der Waals surface area contributed by atoms with Crippen molar-refractivity contribution in [3.05, 3.63) is 95.8 Å². The number of benzene rings is 3. The van der Waals surface area contributed by atoms with Crippen molar-refractivity contribution in [3.8, 4) is 0 Å². The fraction of sp³-hybridized carbons (Fsp3) is 0.222. The van der Waals surface area contributed by atoms with Gasteiger partial charge in [-0.05, 0) is 42.8 Å². The minimum Gasteiger partial charge on any atom is -0.306 e. The fourth-order valence-corrected chi connectivity index (χ4v) is 5.87. The van der Waals surface area contributed by atoms with E-state index in [1.165, 1.54) is 17.0 Å². The molecule has 3 heterocycles. The summed E-state index contributed by atoms with van der Waals surface area (Å²) < 4.78 is 13.4. The molecule has 0 unspecified atom stereocenters. The standard InChI is InChI=1S/C27H22FN3O3/c1-16-22-23(25(33)31(24(22)32)19-7-3-2-4-8-19)27(29-16)20-9-5-6-10-21(20)30(26(27)34)15-17-11-13-18(28)14-12-17/h2-14,16,22-23,29H,15H2,1H3/t16-,22-,23-,27-/m0/s1. The summed E-state index contributed by atoms with van der Waals surface area (Å²) in [5.74, 6) is -2.80. The number of nitrogens with one attached hydrogen (secondary N) is 1. The van der Waals surface area contributed by atoms with Crippen LogP contribution < -0.4 is 15.1 Å². The highest BCUT2D eigenvalue weighted by Crippen LogP contribution is 2.55. The Balaban J connectivity index is 1.46. The molecule has 0 radical (unpaired) electrons. The van der Waals surface area contributed by atoms with E-state index in [4.69, 9.17) is 0 Å². The Labute approximate surface area is 196 Å². The molecular weight excluding hydrogens is 433 g/mol. The first-order chi connectivity index (χ1) is 16.4. The Morgan fingerprint density at radius 1 is 0.882 bits per heavy atom. The van der Waals surface area contributed by atoms with Gasteiger partial charge in [-0.3, -0.25) is 19.7 Å². The molecule has 170 valence electrons. The van der Waals surface area contributed by atoms with Gasteiger partial charge >= 0.3 is 0 Å². The number of rotatable bonds is 3. The third kappa shape index (κ3) is 2.67. The molecule has 0 bridgehead atoms. The fourth-order valence-electron chi connectivity index (χ4n) is 5.87. The lowest BCUT2D eigenvalue weighted by molar-refractivity contribution is -0.132. The molecule has 1 N–H and O–H groups in total. The third-order valence-electron chi connectivity index (χ3n) is 7.28. The predicted molar refractivity (Wildman–Crippen MR) is 124 cm³/mol. The molecule has 3 aromatic carbocycles. The molecule has 0 saturated carbocycles. The number of anilines is 2. The molecule has 3 aromatic rings. The van der Waals surface area contributed by atoms with E-state index >= 15 is 0 Å². The third-order valence-corrected chi connectivity index (χ3v) is 7.28. The van der Waals surface area contributed by atoms with Crippen LogP contribution in [-0.4, -0.2) is 23.8 Å². The molecule has 2 saturated heterocycles. The van der Waals surface area contributed by atoms with E-state index in [1.54, 1.807) is 41.3 Å². The van der Waals surface area contributed by atoms with Crippen LogP contribution in [0.15, 0.2) is 78.9 Å². The van der Waals surface area contributed by atoms with Crippen LogP contribution in [0.5, 0.6) is 0 Å². The number of fused-ring (bicyclic) bond motifs is 4. The smallest absolute Gasteiger partial charge is 0.253 e. The summed E-state index contributed by atoms with van der Waals surface area (Å²) in [6.45, 7) is 2.08. The van der Waals surface area contributed by atoms with Gasteiger partial charge < -0.3 is 4.90 Å². The molecule has 4 atom stereocenters. The van der Waals surface area contributed by atoms with Crippen molar-refractivity contribution in [2.45, 2.75) is 25.0 Å². The van der Waals surface area contributed by atoms with Crippen LogP contribution in [0.25, 0.3) is 0 Å². The topological polar surface area (TPSA) is 69.7 Å². The molecule has 0 aliphatic carbocycles. The minimum atomic E-state index is -1.34. The number of carbonyl (C=O) groups is 3. The molecule has 2 fully saturated rings. The number of carbonyl (C=O) groups excluding carboxylic acids is 3. The number of halogens is 1. The number of amides is 3. The van der Waals surface area contributed by atoms with Crippen LogP contribution in [0.4, 0.5) is 15.8 Å². The lowest BCUT2D eigenvalue weighted by Gasteiger charge is -2.30. The number of para-hydroxylation sites is 2. The van der Waals surface area contributed by atoms with E-state index in [9.17, 15) is 18.8 Å². The molecule has 0 aromatic heterocycles. The predicted octanol–water partition coefficient (Wildman–Crippen LogP) is 3.37. The van der Waals surface area contributed by atoms with E-state index in [2.05, 4.69) is 5.32 Å². The van der Waals surface area contributed by atoms with E-state index in [-0.39, 0.29) is 36.1 Å². The van der Waals surface area contributed by atoms with Crippen molar-refractivity contribution >= 4 is 29.1 Å². The maximum absolute atomic E-state index is 14.1. The van der Waals surface area contributed by atoms with Gasteiger partial charge in [0.15, 0.2) is 0 Å². The molecule has 1 spiro atoms. The Hall–Kier alpha value is -3.84. The van der Waals surface area contributed by atoms with Crippen LogP contribution in [-0.2, 0) is 26.5 Å². The van der Waals surface area contributed by atoms with E-state index in [1.807, 2.05) is 37.3 Å². The Bertz CT molecular complexity index is 1330. The monoisotopic (exact) mass is 455 g/mol. The number of hydrogen-bond donors (Lipinski definition) is 1. The van der Waals surface area contributed by atoms with Gasteiger partial charge in [-0.1, -0.05) is 48.5 Å². The van der Waals surface area contributed by atoms with Gasteiger partial charge in [0.25, 0.3) is 5.91 Å². The van der Waals surface area contributed by atoms with Gasteiger partial charge in [-0.2, -0.15) is 0 Å². The normalized spacial score (nSPS) is 27.6. The molecule has 3 aliphatic rings. The summed E-state index contributed by atoms with van der Waals surface area (Å²) in [6, 6.07) is 21.9. The summed E-state index contributed by atoms with van der Waals surface area (Å²) in [6.07, 6.45) is 0. The molecular formula is C27H22FN3O3. The molecule has 3 aliphatic heterocycles. The van der Waals surface area contributed by atoms with Crippen LogP contribution in [0.3, 0.4) is 0 Å². The largest absolute Gasteiger partial charge is 0.306 e. The summed E-state index contributed by atoms with van der Waals surface area (Å²) in [5, 5.41) is 3.38. The molecule has 3 amide bonds. The highest BCUT2D eigenvalue weighted by molar-refractivity contribution is 6.26. The zero-order valence-corrected chi connectivity index (χ0v) is 18.4. The molecule has 34 heavy (non-hydrogen) atoms. The number of nitrogens with zero attached hydrogens (tertiary/aromatic N) is 2. The van der Waals surface area contributed by atoms with Crippen LogP contribution in [0.1, 0.15) is 18.1 Å². The van der Waals surface area contributed by atoms with Crippen molar-refractivity contribution in [1.82, 2.24) is 5.32 Å². The Morgan fingerprint density at radius 2 is 1.56 bits per heavy atom. The second-order valence-electron chi connectivity index (χ2n) is 9.13. The lowest BCUT2D eigenvalue weighted by atomic mass is 9.76. The first-order valence-corrected chi connectivity index (χ1v) is 11.3. The maximum atomic E-state index is 14.1. The van der Waals surface area contributed by atoms with E-state index in [0.29, 0.717) is 16.9 Å². The van der Waals surface area contributed by atoms with Gasteiger partial charge in [-0.25, -0.2) is 9.29 Å². The second kappa shape index (κ2) is 7.33. The highest BCUT2D eigenvalue weighted by atomic mass is 19.1. The van der Waals surface area contributed by atoms with Crippen molar-refractivity contribution in [1.29, 1.82) is 0 Å². The van der Waals surface area contributed by atoms with Crippen LogP contribution in [0, 0.1) is 17.7 Å². The van der Waals surface area contributed by atoms with Gasteiger partial charge in [0.05, 0.1) is 24.1 Å². The molecule has 6 nitrogen and oxygen atoms in total. The van der Waals surface area contributed by atoms with Gasteiger partial charge in [-0.15, -0.1) is 0 Å². The number of hydrogen-bond acceptors (Lipinski definition) is 4.